The Labute approximate surface area is 292 Å². The van der Waals surface area contributed by atoms with E-state index in [1.54, 1.807) is 0 Å². The molecule has 9 rings (SSSR count). The topological polar surface area (TPSA) is 20.5 Å². The first kappa shape index (κ1) is 29.4. The second-order valence-corrected chi connectivity index (χ2v) is 12.4. The van der Waals surface area contributed by atoms with Crippen molar-refractivity contribution in [2.45, 2.75) is 0 Å². The van der Waals surface area contributed by atoms with Crippen molar-refractivity contribution in [3.8, 4) is 44.8 Å². The minimum absolute atomic E-state index is 0.961. The monoisotopic (exact) mass is 639 g/mol. The lowest BCUT2D eigenvalue weighted by atomic mass is 9.96. The summed E-state index contributed by atoms with van der Waals surface area (Å²) >= 11 is 0. The molecule has 3 heteroatoms. The predicted octanol–water partition coefficient (Wildman–Crippen LogP) is 12.6. The molecule has 3 nitrogen and oxygen atoms in total. The Balaban J connectivity index is 1.36. The molecule has 0 bridgehead atoms. The maximum atomic E-state index is 5.42. The van der Waals surface area contributed by atoms with Gasteiger partial charge in [0.15, 0.2) is 0 Å². The van der Waals surface area contributed by atoms with E-state index in [0.29, 0.717) is 0 Å². The third-order valence-electron chi connectivity index (χ3n) is 9.40. The maximum absolute atomic E-state index is 5.42. The van der Waals surface area contributed by atoms with E-state index < -0.39 is 0 Å². The number of hydrogen-bond donors (Lipinski definition) is 0. The molecule has 236 valence electrons. The van der Waals surface area contributed by atoms with Crippen LogP contribution in [0.3, 0.4) is 0 Å². The van der Waals surface area contributed by atoms with Crippen LogP contribution in [-0.4, -0.2) is 9.61 Å². The Bertz CT molecular complexity index is 2540. The Hall–Kier alpha value is -6.71. The zero-order valence-electron chi connectivity index (χ0n) is 27.4. The minimum atomic E-state index is 0.961. The minimum Gasteiger partial charge on any atom is -0.310 e. The quantitative estimate of drug-likeness (QED) is 0.173. The van der Waals surface area contributed by atoms with Gasteiger partial charge < -0.3 is 4.90 Å². The number of fused-ring (bicyclic) bond motifs is 3. The van der Waals surface area contributed by atoms with Crippen LogP contribution in [0.25, 0.3) is 61.1 Å². The van der Waals surface area contributed by atoms with Crippen molar-refractivity contribution in [1.29, 1.82) is 0 Å². The van der Waals surface area contributed by atoms with Crippen LogP contribution in [0.4, 0.5) is 17.1 Å². The molecule has 0 N–H and O–H groups in total. The number of rotatable bonds is 7. The number of nitrogens with zero attached hydrogens (tertiary/aromatic N) is 3. The normalized spacial score (nSPS) is 11.2. The molecule has 0 aliphatic rings. The zero-order valence-corrected chi connectivity index (χ0v) is 27.4. The van der Waals surface area contributed by atoms with Crippen LogP contribution < -0.4 is 4.90 Å². The van der Waals surface area contributed by atoms with Gasteiger partial charge in [-0.25, -0.2) is 4.52 Å². The highest BCUT2D eigenvalue weighted by Gasteiger charge is 2.24. The molecule has 0 unspecified atom stereocenters. The van der Waals surface area contributed by atoms with Crippen LogP contribution in [0.15, 0.2) is 200 Å². The molecular formula is C47H33N3. The molecule has 0 spiro atoms. The predicted molar refractivity (Wildman–Crippen MR) is 209 cm³/mol. The van der Waals surface area contributed by atoms with Gasteiger partial charge in [0, 0.05) is 38.8 Å². The van der Waals surface area contributed by atoms with Crippen molar-refractivity contribution >= 4 is 33.4 Å². The smallest absolute Gasteiger partial charge is 0.101 e. The van der Waals surface area contributed by atoms with Crippen molar-refractivity contribution in [2.75, 3.05) is 4.90 Å². The van der Waals surface area contributed by atoms with E-state index in [-0.39, 0.29) is 0 Å². The summed E-state index contributed by atoms with van der Waals surface area (Å²) in [5, 5.41) is 7.70. The van der Waals surface area contributed by atoms with Crippen molar-refractivity contribution in [2.24, 2.45) is 0 Å². The third kappa shape index (κ3) is 5.22. The van der Waals surface area contributed by atoms with Gasteiger partial charge in [-0.3, -0.25) is 0 Å². The Morgan fingerprint density at radius 3 is 1.50 bits per heavy atom. The van der Waals surface area contributed by atoms with E-state index in [0.717, 1.165) is 67.0 Å². The first-order valence-corrected chi connectivity index (χ1v) is 17.0. The summed E-state index contributed by atoms with van der Waals surface area (Å²) in [5.74, 6) is 0. The third-order valence-corrected chi connectivity index (χ3v) is 9.40. The van der Waals surface area contributed by atoms with Crippen LogP contribution in [0.5, 0.6) is 0 Å². The SMILES string of the molecule is c1ccc(-c2ccc(N(c3ccccc3)c3cccc4c3cc(-c3ccccc3)n3nc(-c5ccccc5)c(-c5ccccc5)c43)cc2)cc1. The molecule has 7 aromatic carbocycles. The lowest BCUT2D eigenvalue weighted by Gasteiger charge is -2.27. The standard InChI is InChI=1S/C47H33N3/c1-6-17-34(18-7-1)35-29-31-40(32-30-35)49(39-25-14-5-15-26-39)43-28-16-27-41-42(43)33-44(36-19-8-2-9-20-36)50-47(41)45(37-21-10-3-11-22-37)46(48-50)38-23-12-4-13-24-38/h1-33H. The van der Waals surface area contributed by atoms with E-state index >= 15 is 0 Å². The van der Waals surface area contributed by atoms with Gasteiger partial charge in [-0.1, -0.05) is 164 Å². The molecule has 0 amide bonds. The number of aromatic nitrogens is 2. The molecule has 0 radical (unpaired) electrons. The van der Waals surface area contributed by atoms with Crippen LogP contribution in [0.1, 0.15) is 0 Å². The molecule has 0 saturated carbocycles. The van der Waals surface area contributed by atoms with Gasteiger partial charge in [0.1, 0.15) is 5.69 Å². The molecule has 2 aromatic heterocycles. The Kier molecular flexibility index (Phi) is 7.49. The lowest BCUT2D eigenvalue weighted by Crippen LogP contribution is -2.10. The van der Waals surface area contributed by atoms with Crippen LogP contribution >= 0.6 is 0 Å². The molecule has 50 heavy (non-hydrogen) atoms. The Morgan fingerprint density at radius 2 is 0.880 bits per heavy atom. The van der Waals surface area contributed by atoms with Gasteiger partial charge in [0.25, 0.3) is 0 Å². The summed E-state index contributed by atoms with van der Waals surface area (Å²) in [6.45, 7) is 0. The van der Waals surface area contributed by atoms with Crippen molar-refractivity contribution in [3.63, 3.8) is 0 Å². The first-order chi connectivity index (χ1) is 24.8. The van der Waals surface area contributed by atoms with E-state index in [4.69, 9.17) is 5.10 Å². The van der Waals surface area contributed by atoms with Gasteiger partial charge in [-0.2, -0.15) is 5.10 Å². The molecule has 2 heterocycles. The van der Waals surface area contributed by atoms with Crippen LogP contribution in [0, 0.1) is 0 Å². The summed E-state index contributed by atoms with van der Waals surface area (Å²) < 4.78 is 2.16. The summed E-state index contributed by atoms with van der Waals surface area (Å²) in [5.41, 5.74) is 13.2. The highest BCUT2D eigenvalue weighted by atomic mass is 15.2. The van der Waals surface area contributed by atoms with Crippen LogP contribution in [-0.2, 0) is 0 Å². The molecule has 0 atom stereocenters. The number of para-hydroxylation sites is 1. The second-order valence-electron chi connectivity index (χ2n) is 12.4. The van der Waals surface area contributed by atoms with Gasteiger partial charge >= 0.3 is 0 Å². The molecule has 0 aliphatic heterocycles. The van der Waals surface area contributed by atoms with Gasteiger partial charge in [-0.05, 0) is 53.1 Å². The van der Waals surface area contributed by atoms with Crippen molar-refractivity contribution < 1.29 is 0 Å². The van der Waals surface area contributed by atoms with E-state index in [1.807, 2.05) is 0 Å². The largest absolute Gasteiger partial charge is 0.310 e. The summed E-state index contributed by atoms with van der Waals surface area (Å²) in [7, 11) is 0. The van der Waals surface area contributed by atoms with E-state index in [2.05, 4.69) is 210 Å². The Morgan fingerprint density at radius 1 is 0.380 bits per heavy atom. The van der Waals surface area contributed by atoms with Gasteiger partial charge in [-0.15, -0.1) is 0 Å². The fraction of sp³-hybridized carbons (Fsp3) is 0. The summed E-state index contributed by atoms with van der Waals surface area (Å²) in [4.78, 5) is 2.37. The number of anilines is 3. The summed E-state index contributed by atoms with van der Waals surface area (Å²) in [6.07, 6.45) is 0. The number of pyridine rings is 1. The average Bonchev–Trinajstić information content (AvgIpc) is 3.61. The highest BCUT2D eigenvalue weighted by molar-refractivity contribution is 6.13. The highest BCUT2D eigenvalue weighted by Crippen LogP contribution is 2.45. The lowest BCUT2D eigenvalue weighted by molar-refractivity contribution is 0.979. The molecular weight excluding hydrogens is 607 g/mol. The van der Waals surface area contributed by atoms with E-state index in [9.17, 15) is 0 Å². The van der Waals surface area contributed by atoms with E-state index in [1.165, 1.54) is 11.1 Å². The fourth-order valence-corrected chi connectivity index (χ4v) is 7.07. The van der Waals surface area contributed by atoms with Gasteiger partial charge in [0.2, 0.25) is 0 Å². The fourth-order valence-electron chi connectivity index (χ4n) is 7.07. The zero-order chi connectivity index (χ0) is 33.3. The molecule has 0 aliphatic carbocycles. The average molecular weight is 640 g/mol. The van der Waals surface area contributed by atoms with Gasteiger partial charge in [0.05, 0.1) is 16.9 Å². The number of benzene rings is 7. The van der Waals surface area contributed by atoms with Crippen molar-refractivity contribution in [3.05, 3.63) is 200 Å². The second kappa shape index (κ2) is 12.7. The van der Waals surface area contributed by atoms with Crippen molar-refractivity contribution in [1.82, 2.24) is 9.61 Å². The molecule has 0 saturated heterocycles. The maximum Gasteiger partial charge on any atom is 0.101 e. The summed E-state index contributed by atoms with van der Waals surface area (Å²) in [6, 6.07) is 70.9. The molecule has 9 aromatic rings. The number of hydrogen-bond acceptors (Lipinski definition) is 2. The first-order valence-electron chi connectivity index (χ1n) is 17.0. The van der Waals surface area contributed by atoms with Crippen LogP contribution in [0.2, 0.25) is 0 Å². The molecule has 0 fully saturated rings.